The molecule has 1 rings (SSSR count). The van der Waals surface area contributed by atoms with Gasteiger partial charge in [-0.1, -0.05) is 0 Å². The van der Waals surface area contributed by atoms with Crippen LogP contribution in [0.3, 0.4) is 0 Å². The Morgan fingerprint density at radius 2 is 2.19 bits per heavy atom. The van der Waals surface area contributed by atoms with Crippen molar-refractivity contribution in [1.82, 2.24) is 14.9 Å². The number of carboxylic acids is 1. The minimum absolute atomic E-state index is 0. The average molecular weight is 310 g/mol. The second kappa shape index (κ2) is 8.72. The van der Waals surface area contributed by atoms with E-state index in [0.29, 0.717) is 5.82 Å². The van der Waals surface area contributed by atoms with Crippen LogP contribution >= 0.6 is 0 Å². The quantitative estimate of drug-likeness (QED) is 0.289. The molecule has 0 aliphatic rings. The predicted molar refractivity (Wildman–Crippen MR) is 72.1 cm³/mol. The summed E-state index contributed by atoms with van der Waals surface area (Å²) in [5, 5.41) is 21.5. The second-order valence-electron chi connectivity index (χ2n) is 3.88. The summed E-state index contributed by atoms with van der Waals surface area (Å²) in [7, 11) is 0. The van der Waals surface area contributed by atoms with Gasteiger partial charge in [0.1, 0.15) is 6.20 Å². The molecule has 0 aliphatic heterocycles. The number of esters is 1. The summed E-state index contributed by atoms with van der Waals surface area (Å²) >= 11 is 0. The molecular formula is C10H15N4NaO6. The SMILES string of the molecule is Cc1ncc([N+](=O)[O-])n1C(C)OC(=O)CNCC(=O)O.[NaH]. The van der Waals surface area contributed by atoms with Crippen LogP contribution in [0.1, 0.15) is 19.0 Å². The minimum atomic E-state index is -1.10. The van der Waals surface area contributed by atoms with E-state index >= 15 is 0 Å². The maximum atomic E-state index is 11.4. The number of nitrogens with zero attached hydrogens (tertiary/aromatic N) is 3. The normalized spacial score (nSPS) is 11.3. The molecule has 1 aromatic rings. The van der Waals surface area contributed by atoms with E-state index in [9.17, 15) is 19.7 Å². The van der Waals surface area contributed by atoms with E-state index in [1.54, 1.807) is 6.92 Å². The number of carbonyl (C=O) groups excluding carboxylic acids is 1. The topological polar surface area (TPSA) is 137 Å². The molecule has 0 fully saturated rings. The van der Waals surface area contributed by atoms with Crippen LogP contribution in [0.5, 0.6) is 0 Å². The summed E-state index contributed by atoms with van der Waals surface area (Å²) in [4.78, 5) is 35.6. The van der Waals surface area contributed by atoms with E-state index in [2.05, 4.69) is 10.3 Å². The first kappa shape index (κ1) is 19.5. The number of hydrogen-bond donors (Lipinski definition) is 2. The molecular weight excluding hydrogens is 295 g/mol. The van der Waals surface area contributed by atoms with Crippen molar-refractivity contribution >= 4 is 47.3 Å². The number of aliphatic carboxylic acids is 1. The number of carboxylic acid groups (broad SMARTS) is 1. The molecule has 0 amide bonds. The molecule has 1 atom stereocenters. The van der Waals surface area contributed by atoms with Crippen molar-refractivity contribution < 1.29 is 24.4 Å². The number of imidazole rings is 1. The zero-order valence-electron chi connectivity index (χ0n) is 10.9. The molecule has 0 radical (unpaired) electrons. The summed E-state index contributed by atoms with van der Waals surface area (Å²) in [5.41, 5.74) is 0. The zero-order chi connectivity index (χ0) is 15.3. The second-order valence-corrected chi connectivity index (χ2v) is 3.88. The van der Waals surface area contributed by atoms with Crippen molar-refractivity contribution in [3.63, 3.8) is 0 Å². The zero-order valence-corrected chi connectivity index (χ0v) is 10.9. The van der Waals surface area contributed by atoms with Crippen LogP contribution < -0.4 is 5.32 Å². The summed E-state index contributed by atoms with van der Waals surface area (Å²) in [6, 6.07) is 0. The van der Waals surface area contributed by atoms with Gasteiger partial charge in [-0.05, 0) is 4.92 Å². The third-order valence-corrected chi connectivity index (χ3v) is 2.36. The summed E-state index contributed by atoms with van der Waals surface area (Å²) in [6.45, 7) is 2.31. The summed E-state index contributed by atoms with van der Waals surface area (Å²) < 4.78 is 6.13. The Kier molecular flexibility index (Phi) is 8.10. The standard InChI is InChI=1S/C10H14N4O6.Na.H/c1-6-12-3-8(14(18)19)13(6)7(2)20-10(17)5-11-4-9(15)16;;/h3,7,11H,4-5H2,1-2H3,(H,15,16);;. The molecule has 21 heavy (non-hydrogen) atoms. The van der Waals surface area contributed by atoms with Gasteiger partial charge in [0.25, 0.3) is 0 Å². The van der Waals surface area contributed by atoms with E-state index in [1.165, 1.54) is 6.92 Å². The summed E-state index contributed by atoms with van der Waals surface area (Å²) in [5.74, 6) is -1.79. The number of rotatable bonds is 7. The summed E-state index contributed by atoms with van der Waals surface area (Å²) in [6.07, 6.45) is 0.152. The van der Waals surface area contributed by atoms with Crippen molar-refractivity contribution in [3.05, 3.63) is 22.1 Å². The van der Waals surface area contributed by atoms with Crippen molar-refractivity contribution in [2.45, 2.75) is 20.1 Å². The molecule has 0 aliphatic carbocycles. The van der Waals surface area contributed by atoms with E-state index in [0.717, 1.165) is 10.8 Å². The van der Waals surface area contributed by atoms with Gasteiger partial charge < -0.3 is 20.0 Å². The molecule has 1 aromatic heterocycles. The maximum absolute atomic E-state index is 11.4. The molecule has 112 valence electrons. The average Bonchev–Trinajstić information content (AvgIpc) is 2.70. The van der Waals surface area contributed by atoms with Crippen LogP contribution in [0.15, 0.2) is 6.20 Å². The van der Waals surface area contributed by atoms with Crippen LogP contribution in [0.25, 0.3) is 0 Å². The first-order chi connectivity index (χ1) is 9.32. The van der Waals surface area contributed by atoms with Gasteiger partial charge in [0.2, 0.25) is 6.23 Å². The van der Waals surface area contributed by atoms with Crippen molar-refractivity contribution in [2.24, 2.45) is 0 Å². The molecule has 1 unspecified atom stereocenters. The Labute approximate surface area is 141 Å². The number of aryl methyl sites for hydroxylation is 1. The first-order valence-corrected chi connectivity index (χ1v) is 5.63. The fourth-order valence-electron chi connectivity index (χ4n) is 1.58. The fourth-order valence-corrected chi connectivity index (χ4v) is 1.58. The third kappa shape index (κ3) is 5.79. The number of ether oxygens (including phenoxy) is 1. The van der Waals surface area contributed by atoms with Crippen molar-refractivity contribution in [1.29, 1.82) is 0 Å². The number of hydrogen-bond acceptors (Lipinski definition) is 7. The molecule has 0 spiro atoms. The molecule has 2 N–H and O–H groups in total. The van der Waals surface area contributed by atoms with Crippen molar-refractivity contribution in [3.8, 4) is 0 Å². The number of carbonyl (C=O) groups is 2. The fraction of sp³-hybridized carbons (Fsp3) is 0.500. The van der Waals surface area contributed by atoms with Gasteiger partial charge in [-0.2, -0.15) is 4.57 Å². The Hall–Kier alpha value is -1.49. The Morgan fingerprint density at radius 3 is 2.71 bits per heavy atom. The van der Waals surface area contributed by atoms with Gasteiger partial charge in [0.05, 0.1) is 13.1 Å². The van der Waals surface area contributed by atoms with Gasteiger partial charge in [0, 0.05) is 13.8 Å². The third-order valence-electron chi connectivity index (χ3n) is 2.36. The van der Waals surface area contributed by atoms with E-state index in [1.807, 2.05) is 0 Å². The molecule has 0 saturated heterocycles. The number of nitrogens with one attached hydrogen (secondary N) is 1. The van der Waals surface area contributed by atoms with Crippen molar-refractivity contribution in [2.75, 3.05) is 13.1 Å². The predicted octanol–water partition coefficient (Wildman–Crippen LogP) is -0.813. The van der Waals surface area contributed by atoms with Gasteiger partial charge in [0.15, 0.2) is 5.82 Å². The Morgan fingerprint density at radius 1 is 1.57 bits per heavy atom. The van der Waals surface area contributed by atoms with Gasteiger partial charge in [-0.3, -0.25) is 14.9 Å². The Bertz CT molecular complexity index is 532. The van der Waals surface area contributed by atoms with Crippen LogP contribution in [-0.2, 0) is 14.3 Å². The Balaban J connectivity index is 0.00000400. The number of nitro groups is 1. The molecule has 0 aromatic carbocycles. The number of aromatic nitrogens is 2. The van der Waals surface area contributed by atoms with Crippen LogP contribution in [0, 0.1) is 17.0 Å². The molecule has 0 saturated carbocycles. The molecule has 0 bridgehead atoms. The van der Waals surface area contributed by atoms with Crippen LogP contribution in [0.4, 0.5) is 5.82 Å². The van der Waals surface area contributed by atoms with Gasteiger partial charge >= 0.3 is 47.3 Å². The molecule has 10 nitrogen and oxygen atoms in total. The van der Waals surface area contributed by atoms with E-state index in [4.69, 9.17) is 9.84 Å². The van der Waals surface area contributed by atoms with Gasteiger partial charge in [-0.15, -0.1) is 0 Å². The molecule has 1 heterocycles. The monoisotopic (exact) mass is 310 g/mol. The van der Waals surface area contributed by atoms with Crippen LogP contribution in [-0.4, -0.2) is 74.2 Å². The first-order valence-electron chi connectivity index (χ1n) is 5.63. The molecule has 11 heteroatoms. The van der Waals surface area contributed by atoms with E-state index < -0.39 is 23.1 Å². The van der Waals surface area contributed by atoms with E-state index in [-0.39, 0.29) is 48.5 Å². The van der Waals surface area contributed by atoms with Crippen LogP contribution in [0.2, 0.25) is 0 Å². The van der Waals surface area contributed by atoms with Gasteiger partial charge in [-0.25, -0.2) is 4.98 Å².